The molecule has 0 unspecified atom stereocenters. The number of rotatable bonds is 1. The summed E-state index contributed by atoms with van der Waals surface area (Å²) in [6.45, 7) is 0. The zero-order chi connectivity index (χ0) is 11.7. The number of nitrogens with zero attached hydrogens (tertiary/aromatic N) is 4. The minimum absolute atomic E-state index is 0.0981. The highest BCUT2D eigenvalue weighted by atomic mass is 35.5. The van der Waals surface area contributed by atoms with Crippen molar-refractivity contribution in [3.8, 4) is 0 Å². The third kappa shape index (κ3) is 1.76. The summed E-state index contributed by atoms with van der Waals surface area (Å²) in [4.78, 5) is 12.4. The topological polar surface area (TPSA) is 43.6 Å². The van der Waals surface area contributed by atoms with Gasteiger partial charge in [-0.25, -0.2) is 15.0 Å². The van der Waals surface area contributed by atoms with Crippen LogP contribution in [0.15, 0.2) is 49.1 Å². The molecule has 2 aromatic rings. The van der Waals surface area contributed by atoms with Gasteiger partial charge in [-0.2, -0.15) is 0 Å². The van der Waals surface area contributed by atoms with Crippen LogP contribution in [0, 0.1) is 0 Å². The normalized spacial score (nSPS) is 15.6. The summed E-state index contributed by atoms with van der Waals surface area (Å²) < 4.78 is 1.96. The van der Waals surface area contributed by atoms with Crippen LogP contribution in [-0.2, 0) is 0 Å². The number of fused-ring (bicyclic) bond motifs is 1. The van der Waals surface area contributed by atoms with E-state index in [0.29, 0.717) is 10.7 Å². The highest BCUT2D eigenvalue weighted by Gasteiger charge is 2.12. The Balaban J connectivity index is 2.15. The van der Waals surface area contributed by atoms with Crippen molar-refractivity contribution >= 4 is 22.8 Å². The number of allylic oxidation sites excluding steroid dienone is 6. The standard InChI is InChI=1S/C12H9ClN4/c13-11-10-12(15-7-14-11)17(8-16-10)9-5-3-1-2-4-6-9/h1-9H. The predicted octanol–water partition coefficient (Wildman–Crippen LogP) is 2.70. The van der Waals surface area contributed by atoms with Crippen molar-refractivity contribution in [3.63, 3.8) is 0 Å². The largest absolute Gasteiger partial charge is 0.305 e. The summed E-state index contributed by atoms with van der Waals surface area (Å²) >= 11 is 5.97. The molecule has 1 aliphatic carbocycles. The van der Waals surface area contributed by atoms with Gasteiger partial charge in [0, 0.05) is 0 Å². The fourth-order valence-corrected chi connectivity index (χ4v) is 1.95. The van der Waals surface area contributed by atoms with E-state index in [4.69, 9.17) is 11.6 Å². The van der Waals surface area contributed by atoms with E-state index in [9.17, 15) is 0 Å². The Morgan fingerprint density at radius 2 is 1.76 bits per heavy atom. The molecule has 3 rings (SSSR count). The lowest BCUT2D eigenvalue weighted by Gasteiger charge is -2.09. The molecule has 2 aromatic heterocycles. The maximum absolute atomic E-state index is 5.97. The molecule has 0 saturated carbocycles. The molecule has 0 fully saturated rings. The smallest absolute Gasteiger partial charge is 0.165 e. The molecule has 17 heavy (non-hydrogen) atoms. The highest BCUT2D eigenvalue weighted by Crippen LogP contribution is 2.22. The zero-order valence-electron chi connectivity index (χ0n) is 8.86. The number of halogens is 1. The molecule has 0 amide bonds. The van der Waals surface area contributed by atoms with Gasteiger partial charge in [-0.15, -0.1) is 0 Å². The first-order chi connectivity index (χ1) is 8.36. The number of hydrogen-bond donors (Lipinski definition) is 0. The van der Waals surface area contributed by atoms with Crippen molar-refractivity contribution in [2.24, 2.45) is 0 Å². The van der Waals surface area contributed by atoms with Gasteiger partial charge >= 0.3 is 0 Å². The van der Waals surface area contributed by atoms with Crippen molar-refractivity contribution in [3.05, 3.63) is 54.3 Å². The highest BCUT2D eigenvalue weighted by molar-refractivity contribution is 6.33. The molecule has 0 N–H and O–H groups in total. The van der Waals surface area contributed by atoms with Crippen molar-refractivity contribution in [1.82, 2.24) is 19.5 Å². The van der Waals surface area contributed by atoms with Crippen LogP contribution in [0.1, 0.15) is 6.04 Å². The van der Waals surface area contributed by atoms with Crippen LogP contribution in [-0.4, -0.2) is 19.5 Å². The second kappa shape index (κ2) is 4.14. The maximum atomic E-state index is 5.97. The van der Waals surface area contributed by atoms with Crippen LogP contribution in [0.2, 0.25) is 5.15 Å². The van der Waals surface area contributed by atoms with E-state index in [1.54, 1.807) is 6.33 Å². The lowest BCUT2D eigenvalue weighted by molar-refractivity contribution is 0.737. The van der Waals surface area contributed by atoms with E-state index >= 15 is 0 Å². The number of hydrogen-bond acceptors (Lipinski definition) is 3. The van der Waals surface area contributed by atoms with Crippen molar-refractivity contribution < 1.29 is 0 Å². The first-order valence-corrected chi connectivity index (χ1v) is 5.59. The summed E-state index contributed by atoms with van der Waals surface area (Å²) in [6, 6.07) is 0.0981. The molecule has 0 aliphatic heterocycles. The van der Waals surface area contributed by atoms with Gasteiger partial charge in [0.05, 0.1) is 12.4 Å². The first-order valence-electron chi connectivity index (χ1n) is 5.21. The van der Waals surface area contributed by atoms with Crippen LogP contribution < -0.4 is 0 Å². The third-order valence-corrected chi connectivity index (χ3v) is 2.86. The average molecular weight is 245 g/mol. The summed E-state index contributed by atoms with van der Waals surface area (Å²) in [5, 5.41) is 0.383. The molecule has 5 heteroatoms. The summed E-state index contributed by atoms with van der Waals surface area (Å²) in [5.74, 6) is 0. The number of aromatic nitrogens is 4. The van der Waals surface area contributed by atoms with E-state index in [-0.39, 0.29) is 6.04 Å². The fraction of sp³-hybridized carbons (Fsp3) is 0.0833. The molecule has 0 bridgehead atoms. The predicted molar refractivity (Wildman–Crippen MR) is 66.8 cm³/mol. The van der Waals surface area contributed by atoms with Gasteiger partial charge in [0.2, 0.25) is 0 Å². The van der Waals surface area contributed by atoms with Gasteiger partial charge in [0.1, 0.15) is 11.8 Å². The van der Waals surface area contributed by atoms with Gasteiger partial charge in [0.15, 0.2) is 10.8 Å². The SMILES string of the molecule is Clc1ncnc2c1ncn2C1C=CC=CC=C1. The second-order valence-electron chi connectivity index (χ2n) is 3.63. The molecular weight excluding hydrogens is 236 g/mol. The van der Waals surface area contributed by atoms with Gasteiger partial charge in [0.25, 0.3) is 0 Å². The maximum Gasteiger partial charge on any atom is 0.165 e. The quantitative estimate of drug-likeness (QED) is 0.725. The van der Waals surface area contributed by atoms with Crippen molar-refractivity contribution in [1.29, 1.82) is 0 Å². The molecule has 4 nitrogen and oxygen atoms in total. The minimum Gasteiger partial charge on any atom is -0.305 e. The summed E-state index contributed by atoms with van der Waals surface area (Å²) in [6.07, 6.45) is 15.3. The molecule has 0 saturated heterocycles. The molecule has 0 spiro atoms. The second-order valence-corrected chi connectivity index (χ2v) is 3.99. The Kier molecular flexibility index (Phi) is 2.49. The van der Waals surface area contributed by atoms with Crippen molar-refractivity contribution in [2.75, 3.05) is 0 Å². The van der Waals surface area contributed by atoms with Crippen LogP contribution in [0.5, 0.6) is 0 Å². The molecular formula is C12H9ClN4. The fourth-order valence-electron chi connectivity index (χ4n) is 1.78. The molecule has 84 valence electrons. The molecule has 1 aliphatic rings. The molecule has 2 heterocycles. The van der Waals surface area contributed by atoms with E-state index in [0.717, 1.165) is 5.65 Å². The van der Waals surface area contributed by atoms with Gasteiger partial charge in [-0.3, -0.25) is 0 Å². The van der Waals surface area contributed by atoms with E-state index in [1.165, 1.54) is 6.33 Å². The van der Waals surface area contributed by atoms with Crippen LogP contribution in [0.3, 0.4) is 0 Å². The molecule has 0 aromatic carbocycles. The molecule has 0 radical (unpaired) electrons. The zero-order valence-corrected chi connectivity index (χ0v) is 9.62. The number of imidazole rings is 1. The summed E-state index contributed by atoms with van der Waals surface area (Å²) in [7, 11) is 0. The minimum atomic E-state index is 0.0981. The Morgan fingerprint density at radius 1 is 1.00 bits per heavy atom. The van der Waals surface area contributed by atoms with E-state index < -0.39 is 0 Å². The lowest BCUT2D eigenvalue weighted by Crippen LogP contribution is -2.02. The average Bonchev–Trinajstić information content (AvgIpc) is 2.59. The Morgan fingerprint density at radius 3 is 2.53 bits per heavy atom. The van der Waals surface area contributed by atoms with Crippen LogP contribution >= 0.6 is 11.6 Å². The monoisotopic (exact) mass is 244 g/mol. The lowest BCUT2D eigenvalue weighted by atomic mass is 10.2. The van der Waals surface area contributed by atoms with Gasteiger partial charge < -0.3 is 4.57 Å². The Bertz CT molecular complexity index is 623. The van der Waals surface area contributed by atoms with Crippen molar-refractivity contribution in [2.45, 2.75) is 6.04 Å². The molecule has 0 atom stereocenters. The first kappa shape index (κ1) is 10.2. The Hall–Kier alpha value is -1.94. The van der Waals surface area contributed by atoms with Crippen LogP contribution in [0.25, 0.3) is 11.2 Å². The van der Waals surface area contributed by atoms with Gasteiger partial charge in [-0.1, -0.05) is 48.1 Å². The van der Waals surface area contributed by atoms with E-state index in [1.807, 2.05) is 28.9 Å². The third-order valence-electron chi connectivity index (χ3n) is 2.59. The summed E-state index contributed by atoms with van der Waals surface area (Å²) in [5.41, 5.74) is 1.37. The Labute approximate surface area is 103 Å². The van der Waals surface area contributed by atoms with E-state index in [2.05, 4.69) is 27.1 Å². The van der Waals surface area contributed by atoms with Gasteiger partial charge in [-0.05, 0) is 0 Å². The van der Waals surface area contributed by atoms with Crippen LogP contribution in [0.4, 0.5) is 0 Å².